The van der Waals surface area contributed by atoms with Gasteiger partial charge < -0.3 is 30.7 Å². The lowest BCUT2D eigenvalue weighted by Gasteiger charge is -2.43. The molecule has 0 radical (unpaired) electrons. The summed E-state index contributed by atoms with van der Waals surface area (Å²) in [6.45, 7) is 3.94. The molecule has 0 saturated carbocycles. The second-order valence-corrected chi connectivity index (χ2v) is 8.35. The van der Waals surface area contributed by atoms with E-state index in [0.29, 0.717) is 17.2 Å². The average Bonchev–Trinajstić information content (AvgIpc) is 3.51. The molecule has 3 heterocycles. The van der Waals surface area contributed by atoms with Crippen molar-refractivity contribution in [2.45, 2.75) is 45.0 Å². The molecule has 3 aliphatic rings. The molecule has 2 aliphatic heterocycles. The summed E-state index contributed by atoms with van der Waals surface area (Å²) in [5.74, 6) is 0.928. The normalized spacial score (nSPS) is 24.2. The largest absolute Gasteiger partial charge is 0.738 e. The minimum absolute atomic E-state index is 0.177. The Morgan fingerprint density at radius 3 is 2.81 bits per heavy atom. The van der Waals surface area contributed by atoms with Crippen molar-refractivity contribution < 1.29 is 5.11 Å². The van der Waals surface area contributed by atoms with Gasteiger partial charge in [-0.3, -0.25) is 0 Å². The van der Waals surface area contributed by atoms with Crippen LogP contribution in [0.25, 0.3) is 0 Å². The number of hydrogen-bond donors (Lipinski definition) is 2. The van der Waals surface area contributed by atoms with Crippen LogP contribution in [-0.4, -0.2) is 47.7 Å². The zero-order chi connectivity index (χ0) is 22.0. The molecule has 1 aliphatic carbocycles. The molecule has 1 aromatic carbocycles. The molecular weight excluding hydrogens is 394 g/mol. The van der Waals surface area contributed by atoms with Crippen molar-refractivity contribution in [3.8, 4) is 0 Å². The van der Waals surface area contributed by atoms with Gasteiger partial charge in [-0.05, 0) is 30.0 Å². The molecule has 2 aromatic rings. The molecule has 0 saturated heterocycles. The molecule has 0 amide bonds. The van der Waals surface area contributed by atoms with Gasteiger partial charge in [0, 0.05) is 32.3 Å². The lowest BCUT2D eigenvalue weighted by molar-refractivity contribution is 0.143. The van der Waals surface area contributed by atoms with E-state index in [0.717, 1.165) is 34.7 Å². The molecular formula is C22H26N7O2-. The van der Waals surface area contributed by atoms with E-state index in [2.05, 4.69) is 11.1 Å². The van der Waals surface area contributed by atoms with Crippen LogP contribution >= 0.6 is 0 Å². The van der Waals surface area contributed by atoms with E-state index in [1.807, 2.05) is 37.9 Å². The van der Waals surface area contributed by atoms with Crippen LogP contribution in [0.1, 0.15) is 43.0 Å². The highest BCUT2D eigenvalue weighted by atomic mass is 16.6. The average molecular weight is 420 g/mol. The topological polar surface area (TPSA) is 106 Å². The fourth-order valence-corrected chi connectivity index (χ4v) is 4.61. The van der Waals surface area contributed by atoms with Crippen molar-refractivity contribution in [3.05, 3.63) is 51.9 Å². The van der Waals surface area contributed by atoms with Crippen LogP contribution in [0.2, 0.25) is 0 Å². The number of anilines is 4. The third kappa shape index (κ3) is 2.73. The maximum absolute atomic E-state index is 13.5. The van der Waals surface area contributed by atoms with Gasteiger partial charge in [0.05, 0.1) is 17.9 Å². The molecule has 162 valence electrons. The van der Waals surface area contributed by atoms with Gasteiger partial charge >= 0.3 is 0 Å². The van der Waals surface area contributed by atoms with E-state index in [-0.39, 0.29) is 12.0 Å². The van der Waals surface area contributed by atoms with Crippen LogP contribution < -0.4 is 20.0 Å². The van der Waals surface area contributed by atoms with Crippen LogP contribution in [0.15, 0.2) is 30.0 Å². The van der Waals surface area contributed by atoms with Gasteiger partial charge in [-0.1, -0.05) is 25.1 Å². The van der Waals surface area contributed by atoms with Gasteiger partial charge in [0.25, 0.3) is 0 Å². The molecule has 0 fully saturated rings. The Morgan fingerprint density at radius 1 is 1.32 bits per heavy atom. The predicted octanol–water partition coefficient (Wildman–Crippen LogP) is 2.74. The standard InChI is InChI=1S/C22H26N7O2/c1-5-6-14(10-23)18-15-8-7-13-9-16(13)19(15)29(31)28(18)22-24-11-17-20(25-22)26(3)12(2)21(30)27(17)4/h6-8,10-12,18,21,23,30H,5,9H2,1-4H3/q-1. The SMILES string of the molecule is CCC=C(C=N)C1c2ccc3c(c2N([O-])N1c1ncc2c(n1)N(C)C(C)C(O)N2C)C3. The molecule has 31 heavy (non-hydrogen) atoms. The van der Waals surface area contributed by atoms with E-state index < -0.39 is 12.3 Å². The Labute approximate surface area is 181 Å². The zero-order valence-corrected chi connectivity index (χ0v) is 18.1. The zero-order valence-electron chi connectivity index (χ0n) is 18.1. The summed E-state index contributed by atoms with van der Waals surface area (Å²) in [4.78, 5) is 12.9. The first kappa shape index (κ1) is 19.8. The quantitative estimate of drug-likeness (QED) is 0.621. The Balaban J connectivity index is 1.65. The molecule has 2 N–H and O–H groups in total. The van der Waals surface area contributed by atoms with Gasteiger partial charge in [-0.25, -0.2) is 9.99 Å². The van der Waals surface area contributed by atoms with Gasteiger partial charge in [0.1, 0.15) is 18.0 Å². The monoisotopic (exact) mass is 420 g/mol. The first-order chi connectivity index (χ1) is 14.9. The van der Waals surface area contributed by atoms with Gasteiger partial charge in [0.15, 0.2) is 5.82 Å². The highest BCUT2D eigenvalue weighted by molar-refractivity contribution is 5.86. The predicted molar refractivity (Wildman–Crippen MR) is 122 cm³/mol. The third-order valence-electron chi connectivity index (χ3n) is 6.60. The Hall–Kier alpha value is -3.17. The number of nitrogens with zero attached hydrogens (tertiary/aromatic N) is 6. The van der Waals surface area contributed by atoms with Gasteiger partial charge in [-0.15, -0.1) is 0 Å². The smallest absolute Gasteiger partial charge is 0.246 e. The lowest BCUT2D eigenvalue weighted by atomic mass is 9.98. The molecule has 3 unspecified atom stereocenters. The lowest BCUT2D eigenvalue weighted by Crippen LogP contribution is -2.53. The molecule has 1 aromatic heterocycles. The van der Waals surface area contributed by atoms with E-state index in [4.69, 9.17) is 10.4 Å². The number of aliphatic hydroxyl groups excluding tert-OH is 1. The minimum Gasteiger partial charge on any atom is -0.738 e. The Kier molecular flexibility index (Phi) is 4.42. The second-order valence-electron chi connectivity index (χ2n) is 8.35. The van der Waals surface area contributed by atoms with Crippen molar-refractivity contribution in [1.82, 2.24) is 9.97 Å². The van der Waals surface area contributed by atoms with Crippen LogP contribution in [0.3, 0.4) is 0 Å². The molecule has 0 bridgehead atoms. The van der Waals surface area contributed by atoms with Crippen LogP contribution in [-0.2, 0) is 6.42 Å². The van der Waals surface area contributed by atoms with E-state index in [1.165, 1.54) is 11.8 Å². The molecule has 9 nitrogen and oxygen atoms in total. The number of hydrogen-bond acceptors (Lipinski definition) is 9. The number of aromatic nitrogens is 2. The van der Waals surface area contributed by atoms with Gasteiger partial charge in [0.2, 0.25) is 5.95 Å². The van der Waals surface area contributed by atoms with E-state index >= 15 is 0 Å². The van der Waals surface area contributed by atoms with Crippen LogP contribution in [0.5, 0.6) is 0 Å². The van der Waals surface area contributed by atoms with Crippen molar-refractivity contribution in [2.24, 2.45) is 0 Å². The summed E-state index contributed by atoms with van der Waals surface area (Å²) in [5.41, 5.74) is 5.22. The van der Waals surface area contributed by atoms with Crippen molar-refractivity contribution >= 4 is 29.4 Å². The Morgan fingerprint density at radius 2 is 2.10 bits per heavy atom. The summed E-state index contributed by atoms with van der Waals surface area (Å²) < 4.78 is 0. The summed E-state index contributed by atoms with van der Waals surface area (Å²) in [6, 6.07) is 3.42. The summed E-state index contributed by atoms with van der Waals surface area (Å²) >= 11 is 0. The first-order valence-corrected chi connectivity index (χ1v) is 10.5. The maximum atomic E-state index is 13.5. The molecule has 0 spiro atoms. The fourth-order valence-electron chi connectivity index (χ4n) is 4.61. The molecule has 3 atom stereocenters. The first-order valence-electron chi connectivity index (χ1n) is 10.5. The maximum Gasteiger partial charge on any atom is 0.246 e. The second kappa shape index (κ2) is 6.93. The van der Waals surface area contributed by atoms with Gasteiger partial charge in [-0.2, -0.15) is 4.98 Å². The number of benzene rings is 1. The number of aliphatic hydroxyl groups is 1. The summed E-state index contributed by atoms with van der Waals surface area (Å²) in [7, 11) is 3.68. The van der Waals surface area contributed by atoms with Crippen LogP contribution in [0, 0.1) is 10.6 Å². The Bertz CT molecular complexity index is 1100. The number of fused-ring (bicyclic) bond motifs is 4. The van der Waals surface area contributed by atoms with Crippen molar-refractivity contribution in [1.29, 1.82) is 5.41 Å². The molecule has 9 heteroatoms. The van der Waals surface area contributed by atoms with E-state index in [1.54, 1.807) is 23.2 Å². The number of likely N-dealkylation sites (N-methyl/N-ethyl adjacent to an activating group) is 2. The number of rotatable bonds is 4. The van der Waals surface area contributed by atoms with Crippen molar-refractivity contribution in [2.75, 3.05) is 34.1 Å². The minimum atomic E-state index is -0.682. The number of nitrogens with one attached hydrogen (secondary N) is 1. The van der Waals surface area contributed by atoms with Crippen LogP contribution in [0.4, 0.5) is 23.1 Å². The highest BCUT2D eigenvalue weighted by Gasteiger charge is 2.41. The molecule has 5 rings (SSSR count). The van der Waals surface area contributed by atoms with E-state index in [9.17, 15) is 10.3 Å². The highest BCUT2D eigenvalue weighted by Crippen LogP contribution is 2.51. The van der Waals surface area contributed by atoms with Crippen molar-refractivity contribution in [3.63, 3.8) is 0 Å². The summed E-state index contributed by atoms with van der Waals surface area (Å²) in [5, 5.41) is 34.4. The fraction of sp³-hybridized carbons (Fsp3) is 0.409. The third-order valence-corrected chi connectivity index (χ3v) is 6.60. The summed E-state index contributed by atoms with van der Waals surface area (Å²) in [6.07, 6.45) is 5.82. The number of allylic oxidation sites excluding steroid dienone is 1. The number of hydrazine groups is 1.